The van der Waals surface area contributed by atoms with Crippen LogP contribution in [-0.2, 0) is 0 Å². The van der Waals surface area contributed by atoms with E-state index in [4.69, 9.17) is 4.52 Å². The Bertz CT molecular complexity index is 897. The molecule has 1 atom stereocenters. The first kappa shape index (κ1) is 14.7. The maximum absolute atomic E-state index is 12.5. The number of likely N-dealkylation sites (tertiary alicyclic amines) is 1. The van der Waals surface area contributed by atoms with Gasteiger partial charge in [0.1, 0.15) is 0 Å². The summed E-state index contributed by atoms with van der Waals surface area (Å²) in [6.07, 6.45) is 2.57. The highest BCUT2D eigenvalue weighted by Gasteiger charge is 2.28. The van der Waals surface area contributed by atoms with Gasteiger partial charge in [-0.1, -0.05) is 5.16 Å². The predicted octanol–water partition coefficient (Wildman–Crippen LogP) is 3.12. The standard InChI is InChI=1S/C17H19N5O2/c1-11-7-12(2)22(20-11)15-5-6-21(10-15)17(23)19-14-4-3-13-9-18-24-16(13)8-14/h3-4,7-9,15H,5-6,10H2,1-2H3,(H,19,23)/t15-/m0/s1. The largest absolute Gasteiger partial charge is 0.356 e. The summed E-state index contributed by atoms with van der Waals surface area (Å²) in [7, 11) is 0. The fourth-order valence-corrected chi connectivity index (χ4v) is 3.28. The Hall–Kier alpha value is -2.83. The van der Waals surface area contributed by atoms with Gasteiger partial charge < -0.3 is 14.7 Å². The number of rotatable bonds is 2. The van der Waals surface area contributed by atoms with Gasteiger partial charge in [0.25, 0.3) is 0 Å². The number of carbonyl (C=O) groups is 1. The van der Waals surface area contributed by atoms with Crippen LogP contribution in [0.25, 0.3) is 11.0 Å². The Morgan fingerprint density at radius 2 is 2.21 bits per heavy atom. The molecule has 0 spiro atoms. The van der Waals surface area contributed by atoms with Crippen molar-refractivity contribution in [2.24, 2.45) is 0 Å². The van der Waals surface area contributed by atoms with E-state index in [1.54, 1.807) is 12.3 Å². The molecule has 0 bridgehead atoms. The summed E-state index contributed by atoms with van der Waals surface area (Å²) >= 11 is 0. The number of urea groups is 1. The number of aromatic nitrogens is 3. The van der Waals surface area contributed by atoms with E-state index in [9.17, 15) is 4.79 Å². The van der Waals surface area contributed by atoms with Crippen LogP contribution >= 0.6 is 0 Å². The number of benzene rings is 1. The molecule has 3 aromatic rings. The first-order chi connectivity index (χ1) is 11.6. The SMILES string of the molecule is Cc1cc(C)n([C@H]2CCN(C(=O)Nc3ccc4cnoc4c3)C2)n1. The molecule has 1 fully saturated rings. The van der Waals surface area contributed by atoms with Crippen molar-refractivity contribution in [3.05, 3.63) is 41.9 Å². The molecule has 124 valence electrons. The minimum absolute atomic E-state index is 0.0992. The second kappa shape index (κ2) is 5.67. The smallest absolute Gasteiger partial charge is 0.321 e. The lowest BCUT2D eigenvalue weighted by molar-refractivity contribution is 0.220. The van der Waals surface area contributed by atoms with Gasteiger partial charge in [0.2, 0.25) is 0 Å². The second-order valence-electron chi connectivity index (χ2n) is 6.27. The normalized spacial score (nSPS) is 17.6. The average molecular weight is 325 g/mol. The van der Waals surface area contributed by atoms with Crippen molar-refractivity contribution in [1.29, 1.82) is 0 Å². The zero-order chi connectivity index (χ0) is 16.7. The Labute approximate surface area is 139 Å². The van der Waals surface area contributed by atoms with Gasteiger partial charge in [-0.2, -0.15) is 5.10 Å². The summed E-state index contributed by atoms with van der Waals surface area (Å²) in [6.45, 7) is 5.43. The van der Waals surface area contributed by atoms with E-state index in [-0.39, 0.29) is 12.1 Å². The molecule has 0 unspecified atom stereocenters. The summed E-state index contributed by atoms with van der Waals surface area (Å²) in [5.74, 6) is 0. The number of hydrogen-bond donors (Lipinski definition) is 1. The molecule has 2 amide bonds. The third kappa shape index (κ3) is 2.62. The number of nitrogens with one attached hydrogen (secondary N) is 1. The van der Waals surface area contributed by atoms with Gasteiger partial charge in [-0.15, -0.1) is 0 Å². The fraction of sp³-hybridized carbons (Fsp3) is 0.353. The highest BCUT2D eigenvalue weighted by Crippen LogP contribution is 2.24. The molecule has 1 saturated heterocycles. The second-order valence-corrected chi connectivity index (χ2v) is 6.27. The third-order valence-electron chi connectivity index (χ3n) is 4.45. The van der Waals surface area contributed by atoms with E-state index in [2.05, 4.69) is 28.6 Å². The molecular formula is C17H19N5O2. The van der Waals surface area contributed by atoms with Gasteiger partial charge in [-0.25, -0.2) is 4.79 Å². The minimum Gasteiger partial charge on any atom is -0.356 e. The molecule has 7 nitrogen and oxygen atoms in total. The van der Waals surface area contributed by atoms with E-state index in [1.807, 2.05) is 28.6 Å². The number of anilines is 1. The van der Waals surface area contributed by atoms with Crippen molar-refractivity contribution in [3.63, 3.8) is 0 Å². The van der Waals surface area contributed by atoms with Crippen molar-refractivity contribution in [2.75, 3.05) is 18.4 Å². The highest BCUT2D eigenvalue weighted by atomic mass is 16.5. The van der Waals surface area contributed by atoms with Crippen LogP contribution in [0.15, 0.2) is 35.0 Å². The van der Waals surface area contributed by atoms with Crippen molar-refractivity contribution in [1.82, 2.24) is 19.8 Å². The van der Waals surface area contributed by atoms with Crippen LogP contribution in [0.4, 0.5) is 10.5 Å². The molecule has 0 saturated carbocycles. The van der Waals surface area contributed by atoms with Crippen LogP contribution in [0.3, 0.4) is 0 Å². The quantitative estimate of drug-likeness (QED) is 0.785. The van der Waals surface area contributed by atoms with E-state index in [0.717, 1.165) is 29.7 Å². The zero-order valence-electron chi connectivity index (χ0n) is 13.7. The summed E-state index contributed by atoms with van der Waals surface area (Å²) < 4.78 is 7.16. The first-order valence-electron chi connectivity index (χ1n) is 8.03. The van der Waals surface area contributed by atoms with Gasteiger partial charge in [-0.3, -0.25) is 4.68 Å². The van der Waals surface area contributed by atoms with E-state index >= 15 is 0 Å². The van der Waals surface area contributed by atoms with Crippen LogP contribution in [0.2, 0.25) is 0 Å². The van der Waals surface area contributed by atoms with Crippen molar-refractivity contribution in [2.45, 2.75) is 26.3 Å². The summed E-state index contributed by atoms with van der Waals surface area (Å²) in [6, 6.07) is 7.72. The zero-order valence-corrected chi connectivity index (χ0v) is 13.7. The molecule has 1 aliphatic heterocycles. The first-order valence-corrected chi connectivity index (χ1v) is 8.03. The van der Waals surface area contributed by atoms with Gasteiger partial charge in [-0.05, 0) is 38.5 Å². The van der Waals surface area contributed by atoms with E-state index in [0.29, 0.717) is 17.8 Å². The Kier molecular flexibility index (Phi) is 3.48. The summed E-state index contributed by atoms with van der Waals surface area (Å²) in [4.78, 5) is 14.3. The molecular weight excluding hydrogens is 306 g/mol. The fourth-order valence-electron chi connectivity index (χ4n) is 3.28. The molecule has 4 rings (SSSR count). The average Bonchev–Trinajstić information content (AvgIpc) is 3.26. The maximum Gasteiger partial charge on any atom is 0.321 e. The number of nitrogens with zero attached hydrogens (tertiary/aromatic N) is 4. The van der Waals surface area contributed by atoms with Crippen LogP contribution in [0, 0.1) is 13.8 Å². The van der Waals surface area contributed by atoms with Gasteiger partial charge in [0, 0.05) is 35.9 Å². The lowest BCUT2D eigenvalue weighted by Crippen LogP contribution is -2.33. The number of hydrogen-bond acceptors (Lipinski definition) is 4. The van der Waals surface area contributed by atoms with Crippen LogP contribution in [0.5, 0.6) is 0 Å². The Balaban J connectivity index is 1.44. The van der Waals surface area contributed by atoms with Gasteiger partial charge >= 0.3 is 6.03 Å². The van der Waals surface area contributed by atoms with E-state index in [1.165, 1.54) is 0 Å². The van der Waals surface area contributed by atoms with Crippen molar-refractivity contribution < 1.29 is 9.32 Å². The number of fused-ring (bicyclic) bond motifs is 1. The lowest BCUT2D eigenvalue weighted by atomic mass is 10.2. The molecule has 0 radical (unpaired) electrons. The molecule has 1 aliphatic rings. The molecule has 0 aliphatic carbocycles. The molecule has 1 aromatic carbocycles. The maximum atomic E-state index is 12.5. The van der Waals surface area contributed by atoms with E-state index < -0.39 is 0 Å². The Morgan fingerprint density at radius 3 is 3.00 bits per heavy atom. The van der Waals surface area contributed by atoms with Crippen molar-refractivity contribution >= 4 is 22.7 Å². The molecule has 7 heteroatoms. The predicted molar refractivity (Wildman–Crippen MR) is 90.0 cm³/mol. The van der Waals surface area contributed by atoms with Crippen LogP contribution in [0.1, 0.15) is 23.9 Å². The van der Waals surface area contributed by atoms with Gasteiger partial charge in [0.15, 0.2) is 5.58 Å². The monoisotopic (exact) mass is 325 g/mol. The van der Waals surface area contributed by atoms with Gasteiger partial charge in [0.05, 0.1) is 17.9 Å². The summed E-state index contributed by atoms with van der Waals surface area (Å²) in [5, 5.41) is 12.1. The topological polar surface area (TPSA) is 76.2 Å². The Morgan fingerprint density at radius 1 is 1.33 bits per heavy atom. The minimum atomic E-state index is -0.0992. The number of aryl methyl sites for hydroxylation is 2. The third-order valence-corrected chi connectivity index (χ3v) is 4.45. The lowest BCUT2D eigenvalue weighted by Gasteiger charge is -2.18. The number of amides is 2. The van der Waals surface area contributed by atoms with Crippen molar-refractivity contribution in [3.8, 4) is 0 Å². The van der Waals surface area contributed by atoms with Crippen LogP contribution < -0.4 is 5.32 Å². The summed E-state index contributed by atoms with van der Waals surface area (Å²) in [5.41, 5.74) is 3.51. The molecule has 3 heterocycles. The highest BCUT2D eigenvalue weighted by molar-refractivity contribution is 5.92. The van der Waals surface area contributed by atoms with Crippen LogP contribution in [-0.4, -0.2) is 39.0 Å². The molecule has 2 aromatic heterocycles. The molecule has 1 N–H and O–H groups in total. The molecule has 24 heavy (non-hydrogen) atoms. The number of carbonyl (C=O) groups excluding carboxylic acids is 1.